The quantitative estimate of drug-likeness (QED) is 0.635. The highest BCUT2D eigenvalue weighted by molar-refractivity contribution is 6.32. The smallest absolute Gasteiger partial charge is 0.272 e. The van der Waals surface area contributed by atoms with Gasteiger partial charge in [-0.05, 0) is 29.8 Å². The minimum Gasteiger partial charge on any atom is -0.487 e. The van der Waals surface area contributed by atoms with Gasteiger partial charge < -0.3 is 4.74 Å². The molecule has 0 saturated heterocycles. The Hall–Kier alpha value is -2.65. The number of nitro groups is 1. The first kappa shape index (κ1) is 14.8. The summed E-state index contributed by atoms with van der Waals surface area (Å²) in [4.78, 5) is 9.97. The number of rotatable bonds is 4. The normalized spacial score (nSPS) is 9.95. The maximum Gasteiger partial charge on any atom is 0.272 e. The van der Waals surface area contributed by atoms with E-state index >= 15 is 0 Å². The van der Waals surface area contributed by atoms with Gasteiger partial charge >= 0.3 is 0 Å². The van der Waals surface area contributed by atoms with Crippen LogP contribution < -0.4 is 4.74 Å². The Morgan fingerprint density at radius 3 is 2.71 bits per heavy atom. The number of nitriles is 1. The van der Waals surface area contributed by atoms with Gasteiger partial charge in [0.1, 0.15) is 18.2 Å². The van der Waals surface area contributed by atoms with Gasteiger partial charge in [-0.25, -0.2) is 4.39 Å². The summed E-state index contributed by atoms with van der Waals surface area (Å²) in [6.45, 7) is -0.0791. The molecule has 2 rings (SSSR count). The third-order valence-electron chi connectivity index (χ3n) is 2.61. The molecule has 0 heterocycles. The van der Waals surface area contributed by atoms with Crippen LogP contribution in [-0.4, -0.2) is 4.92 Å². The number of non-ortho nitro benzene ring substituents is 1. The zero-order valence-corrected chi connectivity index (χ0v) is 11.3. The van der Waals surface area contributed by atoms with Gasteiger partial charge in [-0.3, -0.25) is 10.1 Å². The van der Waals surface area contributed by atoms with Crippen molar-refractivity contribution in [1.82, 2.24) is 0 Å². The average Bonchev–Trinajstić information content (AvgIpc) is 2.45. The van der Waals surface area contributed by atoms with Crippen LogP contribution in [0.4, 0.5) is 10.1 Å². The summed E-state index contributed by atoms with van der Waals surface area (Å²) in [5.41, 5.74) is 0.343. The highest BCUT2D eigenvalue weighted by Crippen LogP contribution is 2.26. The van der Waals surface area contributed by atoms with E-state index in [2.05, 4.69) is 0 Å². The summed E-state index contributed by atoms with van der Waals surface area (Å²) in [5, 5.41) is 19.6. The molecule has 2 aromatic carbocycles. The molecule has 5 nitrogen and oxygen atoms in total. The van der Waals surface area contributed by atoms with Gasteiger partial charge in [0.05, 0.1) is 27.6 Å². The first-order valence-corrected chi connectivity index (χ1v) is 6.13. The molecule has 0 aliphatic rings. The predicted molar refractivity (Wildman–Crippen MR) is 73.6 cm³/mol. The van der Waals surface area contributed by atoms with Crippen LogP contribution in [0.2, 0.25) is 5.02 Å². The molecule has 0 bridgehead atoms. The van der Waals surface area contributed by atoms with Crippen molar-refractivity contribution in [3.8, 4) is 11.8 Å². The monoisotopic (exact) mass is 306 g/mol. The van der Waals surface area contributed by atoms with Crippen molar-refractivity contribution in [2.45, 2.75) is 6.61 Å². The third kappa shape index (κ3) is 3.68. The minimum absolute atomic E-state index is 0.0791. The van der Waals surface area contributed by atoms with E-state index in [0.29, 0.717) is 16.9 Å². The SMILES string of the molecule is N#Cc1ccc(OCc2cc(F)cc([N+](=O)[O-])c2)c(Cl)c1. The fraction of sp³-hybridized carbons (Fsp3) is 0.0714. The van der Waals surface area contributed by atoms with Crippen LogP contribution >= 0.6 is 11.6 Å². The zero-order valence-electron chi connectivity index (χ0n) is 10.5. The number of hydrogen-bond acceptors (Lipinski definition) is 4. The second-order valence-corrected chi connectivity index (χ2v) is 4.53. The largest absolute Gasteiger partial charge is 0.487 e. The molecule has 21 heavy (non-hydrogen) atoms. The summed E-state index contributed by atoms with van der Waals surface area (Å²) in [6, 6.07) is 9.60. The van der Waals surface area contributed by atoms with E-state index in [1.54, 1.807) is 0 Å². The van der Waals surface area contributed by atoms with E-state index in [4.69, 9.17) is 21.6 Å². The van der Waals surface area contributed by atoms with Gasteiger partial charge in [0.25, 0.3) is 5.69 Å². The van der Waals surface area contributed by atoms with Crippen molar-refractivity contribution in [3.63, 3.8) is 0 Å². The van der Waals surface area contributed by atoms with E-state index in [0.717, 1.165) is 12.1 Å². The van der Waals surface area contributed by atoms with Gasteiger partial charge in [-0.2, -0.15) is 5.26 Å². The molecule has 7 heteroatoms. The van der Waals surface area contributed by atoms with Crippen molar-refractivity contribution in [3.05, 3.63) is 68.5 Å². The predicted octanol–water partition coefficient (Wildman–Crippen LogP) is 3.84. The fourth-order valence-corrected chi connectivity index (χ4v) is 1.91. The first-order valence-electron chi connectivity index (χ1n) is 5.76. The number of nitro benzene ring substituents is 1. The summed E-state index contributed by atoms with van der Waals surface area (Å²) in [7, 11) is 0. The Morgan fingerprint density at radius 2 is 2.10 bits per heavy atom. The van der Waals surface area contributed by atoms with Crippen molar-refractivity contribution in [1.29, 1.82) is 5.26 Å². The summed E-state index contributed by atoms with van der Waals surface area (Å²) >= 11 is 5.93. The molecule has 0 spiro atoms. The minimum atomic E-state index is -0.714. The molecule has 0 unspecified atom stereocenters. The average molecular weight is 307 g/mol. The van der Waals surface area contributed by atoms with Crippen molar-refractivity contribution >= 4 is 17.3 Å². The number of ether oxygens (including phenoxy) is 1. The number of nitrogens with zero attached hydrogens (tertiary/aromatic N) is 2. The molecule has 0 radical (unpaired) electrons. The lowest BCUT2D eigenvalue weighted by Gasteiger charge is -2.08. The van der Waals surface area contributed by atoms with Gasteiger partial charge in [0.15, 0.2) is 0 Å². The fourth-order valence-electron chi connectivity index (χ4n) is 1.67. The standard InChI is InChI=1S/C14H8ClFN2O3/c15-13-5-9(7-17)1-2-14(13)21-8-10-3-11(16)6-12(4-10)18(19)20/h1-6H,8H2. The van der Waals surface area contributed by atoms with E-state index in [1.807, 2.05) is 6.07 Å². The topological polar surface area (TPSA) is 76.2 Å². The van der Waals surface area contributed by atoms with Gasteiger partial charge in [-0.1, -0.05) is 11.6 Å². The molecule has 0 amide bonds. The van der Waals surface area contributed by atoms with E-state index < -0.39 is 10.7 Å². The third-order valence-corrected chi connectivity index (χ3v) is 2.90. The van der Waals surface area contributed by atoms with Gasteiger partial charge in [0, 0.05) is 6.07 Å². The van der Waals surface area contributed by atoms with Crippen molar-refractivity contribution in [2.24, 2.45) is 0 Å². The van der Waals surface area contributed by atoms with E-state index in [1.165, 1.54) is 24.3 Å². The Labute approximate surface area is 124 Å². The molecule has 2 aromatic rings. The number of benzene rings is 2. The second kappa shape index (κ2) is 6.20. The summed E-state index contributed by atoms with van der Waals surface area (Å²) < 4.78 is 18.7. The molecule has 0 N–H and O–H groups in total. The molecule has 0 aliphatic carbocycles. The highest BCUT2D eigenvalue weighted by atomic mass is 35.5. The molecule has 0 atom stereocenters. The Balaban J connectivity index is 2.17. The lowest BCUT2D eigenvalue weighted by atomic mass is 10.2. The van der Waals surface area contributed by atoms with E-state index in [-0.39, 0.29) is 17.3 Å². The van der Waals surface area contributed by atoms with Crippen LogP contribution in [0, 0.1) is 27.3 Å². The Bertz CT molecular complexity index is 743. The van der Waals surface area contributed by atoms with Crippen LogP contribution in [0.25, 0.3) is 0 Å². The zero-order chi connectivity index (χ0) is 15.4. The Morgan fingerprint density at radius 1 is 1.33 bits per heavy atom. The lowest BCUT2D eigenvalue weighted by Crippen LogP contribution is -1.99. The maximum atomic E-state index is 13.3. The molecular formula is C14H8ClFN2O3. The molecule has 0 fully saturated rings. The number of hydrogen-bond donors (Lipinski definition) is 0. The van der Waals surface area contributed by atoms with Crippen LogP contribution in [0.1, 0.15) is 11.1 Å². The second-order valence-electron chi connectivity index (χ2n) is 4.12. The lowest BCUT2D eigenvalue weighted by molar-refractivity contribution is -0.385. The Kier molecular flexibility index (Phi) is 4.36. The van der Waals surface area contributed by atoms with Gasteiger partial charge in [0.2, 0.25) is 0 Å². The van der Waals surface area contributed by atoms with Crippen LogP contribution in [0.3, 0.4) is 0 Å². The molecule has 0 aliphatic heterocycles. The first-order chi connectivity index (χ1) is 9.99. The molecule has 0 aromatic heterocycles. The van der Waals surface area contributed by atoms with Crippen LogP contribution in [0.5, 0.6) is 5.75 Å². The van der Waals surface area contributed by atoms with Crippen molar-refractivity contribution in [2.75, 3.05) is 0 Å². The highest BCUT2D eigenvalue weighted by Gasteiger charge is 2.11. The molecule has 0 saturated carbocycles. The van der Waals surface area contributed by atoms with E-state index in [9.17, 15) is 14.5 Å². The van der Waals surface area contributed by atoms with Crippen LogP contribution in [-0.2, 0) is 6.61 Å². The van der Waals surface area contributed by atoms with Gasteiger partial charge in [-0.15, -0.1) is 0 Å². The van der Waals surface area contributed by atoms with Crippen molar-refractivity contribution < 1.29 is 14.1 Å². The molecular weight excluding hydrogens is 299 g/mol. The summed E-state index contributed by atoms with van der Waals surface area (Å²) in [5.74, 6) is -0.406. The number of halogens is 2. The van der Waals surface area contributed by atoms with Crippen LogP contribution in [0.15, 0.2) is 36.4 Å². The summed E-state index contributed by atoms with van der Waals surface area (Å²) in [6.07, 6.45) is 0. The molecule has 106 valence electrons. The maximum absolute atomic E-state index is 13.3.